The van der Waals surface area contributed by atoms with E-state index in [0.29, 0.717) is 130 Å². The molecule has 2 aromatic heterocycles. The van der Waals surface area contributed by atoms with E-state index in [0.717, 1.165) is 39.4 Å². The molecule has 0 spiro atoms. The summed E-state index contributed by atoms with van der Waals surface area (Å²) in [6.45, 7) is 16.2. The summed E-state index contributed by atoms with van der Waals surface area (Å²) in [4.78, 5) is 79.0. The highest BCUT2D eigenvalue weighted by Gasteiger charge is 2.41. The second-order valence-corrected chi connectivity index (χ2v) is 17.4. The molecule has 0 radical (unpaired) electrons. The van der Waals surface area contributed by atoms with Gasteiger partial charge in [0.25, 0.3) is 11.8 Å². The third-order valence-electron chi connectivity index (χ3n) is 13.3. The van der Waals surface area contributed by atoms with Gasteiger partial charge >= 0.3 is 5.97 Å². The number of carbonyl (C=O) groups is 4. The lowest BCUT2D eigenvalue weighted by Gasteiger charge is -2.31. The molecule has 0 saturated carbocycles. The number of methoxy groups -OCH3 is 1. The van der Waals surface area contributed by atoms with Crippen molar-refractivity contribution in [3.05, 3.63) is 81.2 Å². The molecule has 5 aliphatic heterocycles. The highest BCUT2D eigenvalue weighted by atomic mass is 16.6. The zero-order valence-electron chi connectivity index (χ0n) is 40.0. The third-order valence-corrected chi connectivity index (χ3v) is 13.3. The van der Waals surface area contributed by atoms with E-state index in [4.69, 9.17) is 39.4 Å². The summed E-state index contributed by atoms with van der Waals surface area (Å²) in [7, 11) is 3.36. The molecule has 1 saturated heterocycles. The standard InChI is InChI=1S/C50H66N8O9/c1-8-34-30(2)38-28-42-35(10-12-44(60)67-26-25-66-24-23-65-22-21-63-7)31(3)37(53-42)27-39-32(4)36(9-11-43(59)56(6)14-13-51)47(54-39)46-48-45(33(5)40(55-48)29-41(34)52-38)49(61)58(50(46)62)16-15-57-17-19-64-20-18-57/h10,12,27-29,32,36,54-55H,8-9,11,13-26,51H2,1-7H3/b12-10+,39-27?,41-29?,42-28?,47-46?/t32-,36-/m0/s1. The van der Waals surface area contributed by atoms with Crippen molar-refractivity contribution in [1.82, 2.24) is 34.6 Å². The van der Waals surface area contributed by atoms with E-state index in [-0.39, 0.29) is 49.8 Å². The molecule has 360 valence electrons. The molecule has 17 heteroatoms. The van der Waals surface area contributed by atoms with Crippen molar-refractivity contribution >= 4 is 57.0 Å². The Balaban J connectivity index is 1.35. The van der Waals surface area contributed by atoms with Gasteiger partial charge in [0, 0.05) is 100 Å². The first kappa shape index (κ1) is 49.3. The number of aromatic nitrogens is 4. The van der Waals surface area contributed by atoms with Gasteiger partial charge in [-0.3, -0.25) is 24.2 Å². The SMILES string of the molecule is CCC1=C(C)c2cc3nc(cc4[nH]c(c5c6[nH]c(cc1n2)c(C)c6C(=O)N(CCN1CCOCC1)C5=O)[C@@H](CCC(=O)N(C)CCN)[C@@H]4C)C(C)=C3/C=C/C(=O)OCCOCCOCCOC. The fourth-order valence-electron chi connectivity index (χ4n) is 9.30. The van der Waals surface area contributed by atoms with Crippen LogP contribution in [0.5, 0.6) is 0 Å². The van der Waals surface area contributed by atoms with E-state index in [1.54, 1.807) is 25.1 Å². The van der Waals surface area contributed by atoms with Crippen molar-refractivity contribution in [2.24, 2.45) is 5.73 Å². The number of hydrogen-bond acceptors (Lipinski definition) is 13. The molecule has 7 rings (SSSR count). The maximum absolute atomic E-state index is 15.1. The molecular weight excluding hydrogens is 857 g/mol. The molecule has 4 N–H and O–H groups in total. The number of nitrogens with zero attached hydrogens (tertiary/aromatic N) is 5. The van der Waals surface area contributed by atoms with E-state index in [1.807, 2.05) is 39.0 Å². The monoisotopic (exact) mass is 922 g/mol. The van der Waals surface area contributed by atoms with Crippen LogP contribution >= 0.6 is 0 Å². The number of fused-ring (bicyclic) bond motifs is 8. The number of aromatic amines is 2. The fraction of sp³-hybridized carbons (Fsp3) is 0.520. The zero-order valence-corrected chi connectivity index (χ0v) is 40.0. The summed E-state index contributed by atoms with van der Waals surface area (Å²) in [5, 5.41) is 0. The molecule has 17 nitrogen and oxygen atoms in total. The first-order valence-electron chi connectivity index (χ1n) is 23.4. The Bertz CT molecular complexity index is 2510. The zero-order chi connectivity index (χ0) is 47.8. The number of allylic oxidation sites excluding steroid dienone is 5. The second kappa shape index (κ2) is 22.5. The minimum atomic E-state index is -0.524. The molecular formula is C50H66N8O9. The Morgan fingerprint density at radius 3 is 2.30 bits per heavy atom. The van der Waals surface area contributed by atoms with Gasteiger partial charge in [-0.05, 0) is 80.2 Å². The average Bonchev–Trinajstić information content (AvgIpc) is 4.00. The van der Waals surface area contributed by atoms with Gasteiger partial charge in [-0.2, -0.15) is 0 Å². The number of ether oxygens (including phenoxy) is 5. The normalized spacial score (nSPS) is 18.1. The first-order valence-corrected chi connectivity index (χ1v) is 23.4. The van der Waals surface area contributed by atoms with Crippen LogP contribution in [-0.2, 0) is 33.3 Å². The summed E-state index contributed by atoms with van der Waals surface area (Å²) < 4.78 is 27.0. The number of H-pyrrole nitrogens is 2. The lowest BCUT2D eigenvalue weighted by atomic mass is 9.84. The minimum Gasteiger partial charge on any atom is -0.460 e. The average molecular weight is 923 g/mol. The number of amides is 3. The van der Waals surface area contributed by atoms with Crippen molar-refractivity contribution in [1.29, 1.82) is 0 Å². The van der Waals surface area contributed by atoms with Crippen LogP contribution in [0.2, 0.25) is 0 Å². The smallest absolute Gasteiger partial charge is 0.330 e. The van der Waals surface area contributed by atoms with E-state index in [1.165, 1.54) is 11.0 Å². The predicted octanol–water partition coefficient (Wildman–Crippen LogP) is 5.41. The molecule has 0 unspecified atom stereocenters. The third kappa shape index (κ3) is 10.9. The number of rotatable bonds is 20. The lowest BCUT2D eigenvalue weighted by molar-refractivity contribution is -0.139. The largest absolute Gasteiger partial charge is 0.460 e. The van der Waals surface area contributed by atoms with Crippen LogP contribution in [0.3, 0.4) is 0 Å². The summed E-state index contributed by atoms with van der Waals surface area (Å²) in [6.07, 6.45) is 4.46. The molecule has 0 aliphatic carbocycles. The number of nitrogens with one attached hydrogen (secondary N) is 2. The number of aryl methyl sites for hydroxylation is 1. The van der Waals surface area contributed by atoms with Crippen molar-refractivity contribution in [3.63, 3.8) is 0 Å². The molecule has 8 bridgehead atoms. The molecule has 2 atom stereocenters. The summed E-state index contributed by atoms with van der Waals surface area (Å²) in [6, 6.07) is 5.90. The van der Waals surface area contributed by atoms with Crippen molar-refractivity contribution in [3.8, 4) is 0 Å². The van der Waals surface area contributed by atoms with Gasteiger partial charge in [-0.15, -0.1) is 0 Å². The number of morpholine rings is 1. The number of carbonyl (C=O) groups excluding carboxylic acids is 4. The molecule has 5 aliphatic rings. The number of imide groups is 1. The van der Waals surface area contributed by atoms with Gasteiger partial charge in [0.05, 0.1) is 85.7 Å². The van der Waals surface area contributed by atoms with Crippen LogP contribution in [0.15, 0.2) is 30.4 Å². The Labute approximate surface area is 392 Å². The Kier molecular flexibility index (Phi) is 16.6. The van der Waals surface area contributed by atoms with Gasteiger partial charge in [0.1, 0.15) is 6.61 Å². The summed E-state index contributed by atoms with van der Waals surface area (Å²) in [5.41, 5.74) is 16.2. The van der Waals surface area contributed by atoms with Crippen LogP contribution in [0.4, 0.5) is 0 Å². The van der Waals surface area contributed by atoms with Crippen LogP contribution in [0.25, 0.3) is 33.3 Å². The number of hydrogen-bond donors (Lipinski definition) is 3. The molecule has 0 aromatic carbocycles. The van der Waals surface area contributed by atoms with E-state index in [2.05, 4.69) is 28.7 Å². The number of likely N-dealkylation sites (N-methyl/N-ethyl adjacent to an activating group) is 1. The maximum Gasteiger partial charge on any atom is 0.330 e. The second-order valence-electron chi connectivity index (χ2n) is 17.4. The molecule has 3 amide bonds. The quantitative estimate of drug-likeness (QED) is 0.0659. The summed E-state index contributed by atoms with van der Waals surface area (Å²) in [5.74, 6) is -1.84. The first-order chi connectivity index (χ1) is 32.4. The van der Waals surface area contributed by atoms with Gasteiger partial charge in [-0.25, -0.2) is 14.8 Å². The van der Waals surface area contributed by atoms with E-state index in [9.17, 15) is 14.4 Å². The minimum absolute atomic E-state index is 0.0497. The van der Waals surface area contributed by atoms with Gasteiger partial charge in [-0.1, -0.05) is 13.8 Å². The van der Waals surface area contributed by atoms with Crippen LogP contribution < -0.4 is 5.73 Å². The fourth-order valence-corrected chi connectivity index (χ4v) is 9.30. The topological polar surface area (TPSA) is 208 Å². The van der Waals surface area contributed by atoms with E-state index < -0.39 is 11.9 Å². The van der Waals surface area contributed by atoms with E-state index >= 15 is 4.79 Å². The highest BCUT2D eigenvalue weighted by molar-refractivity contribution is 6.23. The Morgan fingerprint density at radius 2 is 1.58 bits per heavy atom. The Hall–Kier alpha value is -5.56. The van der Waals surface area contributed by atoms with Crippen LogP contribution in [-0.4, -0.2) is 165 Å². The number of nitrogens with two attached hydrogens (primary N) is 1. The molecule has 2 aromatic rings. The van der Waals surface area contributed by atoms with Crippen molar-refractivity contribution < 1.29 is 42.9 Å². The predicted molar refractivity (Wildman–Crippen MR) is 256 cm³/mol. The highest BCUT2D eigenvalue weighted by Crippen LogP contribution is 2.45. The molecule has 67 heavy (non-hydrogen) atoms. The molecule has 1 fully saturated rings. The van der Waals surface area contributed by atoms with Crippen LogP contribution in [0.1, 0.15) is 119 Å². The van der Waals surface area contributed by atoms with Crippen LogP contribution in [0, 0.1) is 6.92 Å². The lowest BCUT2D eigenvalue weighted by Crippen LogP contribution is -2.47. The van der Waals surface area contributed by atoms with Gasteiger partial charge in [0.2, 0.25) is 5.91 Å². The molecule has 7 heterocycles. The number of esters is 1. The van der Waals surface area contributed by atoms with Gasteiger partial charge < -0.3 is 44.3 Å². The van der Waals surface area contributed by atoms with Crippen molar-refractivity contribution in [2.45, 2.75) is 65.7 Å². The Morgan fingerprint density at radius 1 is 0.896 bits per heavy atom. The summed E-state index contributed by atoms with van der Waals surface area (Å²) >= 11 is 0. The maximum atomic E-state index is 15.1. The van der Waals surface area contributed by atoms with Gasteiger partial charge in [0.15, 0.2) is 0 Å². The van der Waals surface area contributed by atoms with Crippen molar-refractivity contribution in [2.75, 3.05) is 106 Å².